The van der Waals surface area contributed by atoms with E-state index >= 15 is 0 Å². The average molecular weight is 377 g/mol. The Morgan fingerprint density at radius 1 is 1.07 bits per heavy atom. The molecule has 6 heteroatoms. The van der Waals surface area contributed by atoms with Crippen LogP contribution in [0.4, 0.5) is 5.69 Å². The topological polar surface area (TPSA) is 79.0 Å². The number of anilines is 1. The summed E-state index contributed by atoms with van der Waals surface area (Å²) in [6, 6.07) is 14.9. The number of rotatable bonds is 2. The molecule has 1 aromatic heterocycles. The van der Waals surface area contributed by atoms with E-state index < -0.39 is 0 Å². The largest absolute Gasteiger partial charge is 0.493 e. The van der Waals surface area contributed by atoms with E-state index in [1.807, 2.05) is 36.4 Å². The zero-order valence-electron chi connectivity index (χ0n) is 16.0. The fourth-order valence-electron chi connectivity index (χ4n) is 2.29. The van der Waals surface area contributed by atoms with Crippen LogP contribution in [0, 0.1) is 12.3 Å². The normalized spacial score (nSPS) is 11.2. The molecule has 0 radical (unpaired) electrons. The molecule has 0 atom stereocenters. The number of hydrogen-bond acceptors (Lipinski definition) is 6. The monoisotopic (exact) mass is 377 g/mol. The van der Waals surface area contributed by atoms with Crippen LogP contribution in [0.5, 0.6) is 11.5 Å². The number of hydrogen-bond donors (Lipinski definition) is 1. The minimum atomic E-state index is 0.707. The van der Waals surface area contributed by atoms with Crippen LogP contribution in [-0.2, 0) is 4.74 Å². The van der Waals surface area contributed by atoms with Crippen molar-refractivity contribution in [1.82, 2.24) is 4.98 Å². The zero-order valence-corrected chi connectivity index (χ0v) is 16.0. The summed E-state index contributed by atoms with van der Waals surface area (Å²) in [7, 11) is 3.24. The highest BCUT2D eigenvalue weighted by Crippen LogP contribution is 2.30. The van der Waals surface area contributed by atoms with Gasteiger partial charge in [0, 0.05) is 28.9 Å². The number of fused-ring (bicyclic) bond motifs is 1. The van der Waals surface area contributed by atoms with Gasteiger partial charge in [0.1, 0.15) is 6.61 Å². The van der Waals surface area contributed by atoms with Gasteiger partial charge in [0.25, 0.3) is 0 Å². The van der Waals surface area contributed by atoms with Crippen molar-refractivity contribution in [3.05, 3.63) is 60.3 Å². The molecule has 3 aromatic rings. The lowest BCUT2D eigenvalue weighted by atomic mass is 10.2. The number of nitrogens with zero attached hydrogens (tertiary/aromatic N) is 2. The summed E-state index contributed by atoms with van der Waals surface area (Å²) >= 11 is 0. The van der Waals surface area contributed by atoms with Crippen molar-refractivity contribution in [1.29, 1.82) is 0 Å². The van der Waals surface area contributed by atoms with Gasteiger partial charge in [0.15, 0.2) is 17.9 Å². The summed E-state index contributed by atoms with van der Waals surface area (Å²) < 4.78 is 15.0. The summed E-state index contributed by atoms with van der Waals surface area (Å²) in [4.78, 5) is 7.97. The van der Waals surface area contributed by atoms with Gasteiger partial charge in [0.2, 0.25) is 0 Å². The molecule has 28 heavy (non-hydrogen) atoms. The molecule has 4 rings (SSSR count). The Bertz CT molecular complexity index is 916. The Morgan fingerprint density at radius 3 is 2.39 bits per heavy atom. The Morgan fingerprint density at radius 2 is 1.86 bits per heavy atom. The van der Waals surface area contributed by atoms with Crippen LogP contribution < -0.4 is 15.2 Å². The number of ether oxygens (including phenoxy) is 3. The van der Waals surface area contributed by atoms with Crippen LogP contribution >= 0.6 is 0 Å². The Labute approximate surface area is 165 Å². The van der Waals surface area contributed by atoms with Crippen molar-refractivity contribution in [2.75, 3.05) is 33.1 Å². The maximum Gasteiger partial charge on any atom is 0.169 e. The molecular formula is C22H23N3O3. The summed E-state index contributed by atoms with van der Waals surface area (Å²) in [6.07, 6.45) is 8.36. The van der Waals surface area contributed by atoms with Crippen molar-refractivity contribution in [2.24, 2.45) is 4.99 Å². The van der Waals surface area contributed by atoms with Crippen molar-refractivity contribution in [3.63, 3.8) is 0 Å². The van der Waals surface area contributed by atoms with Crippen LogP contribution in [0.1, 0.15) is 5.56 Å². The molecule has 144 valence electrons. The first-order chi connectivity index (χ1) is 13.7. The van der Waals surface area contributed by atoms with Gasteiger partial charge in [-0.15, -0.1) is 6.42 Å². The summed E-state index contributed by atoms with van der Waals surface area (Å²) in [5.74, 6) is 3.92. The molecule has 0 unspecified atom stereocenters. The summed E-state index contributed by atoms with van der Waals surface area (Å²) in [5, 5.41) is 1.05. The molecule has 1 aliphatic heterocycles. The molecule has 0 amide bonds. The van der Waals surface area contributed by atoms with Crippen molar-refractivity contribution < 1.29 is 14.2 Å². The first-order valence-electron chi connectivity index (χ1n) is 8.56. The van der Waals surface area contributed by atoms with Gasteiger partial charge in [-0.25, -0.2) is 0 Å². The second kappa shape index (κ2) is 11.1. The SMILES string of the molecule is C#Cc1cccc(N)c1.C1=NCCO1.COc1cc2cccnc2cc1OC. The van der Waals surface area contributed by atoms with Crippen molar-refractivity contribution >= 4 is 23.0 Å². The molecule has 1 aliphatic rings. The van der Waals surface area contributed by atoms with E-state index in [4.69, 9.17) is 21.6 Å². The number of nitrogen functional groups attached to an aromatic ring is 1. The van der Waals surface area contributed by atoms with Gasteiger partial charge < -0.3 is 19.9 Å². The summed E-state index contributed by atoms with van der Waals surface area (Å²) in [5.41, 5.74) is 7.89. The van der Waals surface area contributed by atoms with Gasteiger partial charge >= 0.3 is 0 Å². The number of pyridine rings is 1. The lowest BCUT2D eigenvalue weighted by molar-refractivity contribution is 0.356. The van der Waals surface area contributed by atoms with Crippen molar-refractivity contribution in [3.8, 4) is 23.8 Å². The van der Waals surface area contributed by atoms with Crippen LogP contribution in [-0.4, -0.2) is 38.8 Å². The quantitative estimate of drug-likeness (QED) is 0.546. The molecule has 2 N–H and O–H groups in total. The first kappa shape index (κ1) is 20.6. The smallest absolute Gasteiger partial charge is 0.169 e. The minimum Gasteiger partial charge on any atom is -0.493 e. The molecule has 0 saturated carbocycles. The van der Waals surface area contributed by atoms with Crippen LogP contribution in [0.3, 0.4) is 0 Å². The average Bonchev–Trinajstić information content (AvgIpc) is 3.33. The highest BCUT2D eigenvalue weighted by molar-refractivity contribution is 5.82. The van der Waals surface area contributed by atoms with Gasteiger partial charge in [-0.3, -0.25) is 9.98 Å². The number of benzene rings is 2. The highest BCUT2D eigenvalue weighted by Gasteiger charge is 2.05. The Kier molecular flexibility index (Phi) is 8.16. The van der Waals surface area contributed by atoms with Crippen LogP contribution in [0.15, 0.2) is 59.7 Å². The third kappa shape index (κ3) is 6.22. The van der Waals surface area contributed by atoms with Gasteiger partial charge in [-0.2, -0.15) is 0 Å². The van der Waals surface area contributed by atoms with Crippen LogP contribution in [0.2, 0.25) is 0 Å². The van der Waals surface area contributed by atoms with E-state index in [0.29, 0.717) is 11.4 Å². The molecule has 0 fully saturated rings. The van der Waals surface area contributed by atoms with E-state index in [9.17, 15) is 0 Å². The van der Waals surface area contributed by atoms with E-state index in [1.54, 1.807) is 32.5 Å². The third-order valence-corrected chi connectivity index (χ3v) is 3.65. The lowest BCUT2D eigenvalue weighted by Gasteiger charge is -2.08. The number of methoxy groups -OCH3 is 2. The van der Waals surface area contributed by atoms with E-state index in [2.05, 4.69) is 20.6 Å². The zero-order chi connectivity index (χ0) is 20.2. The molecular weight excluding hydrogens is 354 g/mol. The Balaban J connectivity index is 0.000000170. The van der Waals surface area contributed by atoms with E-state index in [1.165, 1.54) is 6.40 Å². The predicted octanol–water partition coefficient (Wildman–Crippen LogP) is 3.55. The third-order valence-electron chi connectivity index (χ3n) is 3.65. The molecule has 2 heterocycles. The summed E-state index contributed by atoms with van der Waals surface area (Å²) in [6.45, 7) is 1.62. The molecule has 0 spiro atoms. The molecule has 0 saturated heterocycles. The van der Waals surface area contributed by atoms with E-state index in [-0.39, 0.29) is 0 Å². The first-order valence-corrected chi connectivity index (χ1v) is 8.56. The number of nitrogens with two attached hydrogens (primary N) is 1. The standard InChI is InChI=1S/C11H11NO2.C8H7N.C3H5NO/c1-13-10-6-8-4-3-5-12-9(8)7-11(10)14-2;1-2-7-4-3-5-8(9)6-7;1-2-5-3-4-1/h3-7H,1-2H3;1,3-6H,9H2;3H,1-2H2. The maximum atomic E-state index is 5.44. The molecule has 2 aromatic carbocycles. The van der Waals surface area contributed by atoms with Crippen molar-refractivity contribution in [2.45, 2.75) is 0 Å². The number of aromatic nitrogens is 1. The van der Waals surface area contributed by atoms with E-state index in [0.717, 1.165) is 35.4 Å². The van der Waals surface area contributed by atoms with Crippen LogP contribution in [0.25, 0.3) is 10.9 Å². The Hall–Kier alpha value is -3.72. The molecule has 0 aliphatic carbocycles. The van der Waals surface area contributed by atoms with Gasteiger partial charge in [-0.1, -0.05) is 18.1 Å². The fourth-order valence-corrected chi connectivity index (χ4v) is 2.29. The predicted molar refractivity (Wildman–Crippen MR) is 113 cm³/mol. The van der Waals surface area contributed by atoms with Gasteiger partial charge in [-0.05, 0) is 30.3 Å². The maximum absolute atomic E-state index is 5.44. The van der Waals surface area contributed by atoms with Gasteiger partial charge in [0.05, 0.1) is 26.3 Å². The fraction of sp³-hybridized carbons (Fsp3) is 0.182. The molecule has 0 bridgehead atoms. The lowest BCUT2D eigenvalue weighted by Crippen LogP contribution is -1.90. The molecule has 6 nitrogen and oxygen atoms in total. The number of terminal acetylenes is 1. The second-order valence-electron chi connectivity index (χ2n) is 5.56. The number of aliphatic imine (C=N–C) groups is 1. The minimum absolute atomic E-state index is 0.707. The second-order valence-corrected chi connectivity index (χ2v) is 5.56. The highest BCUT2D eigenvalue weighted by atomic mass is 16.5.